The molecule has 0 radical (unpaired) electrons. The summed E-state index contributed by atoms with van der Waals surface area (Å²) in [6.07, 6.45) is 3.99. The highest BCUT2D eigenvalue weighted by Gasteiger charge is 2.74. The van der Waals surface area contributed by atoms with Gasteiger partial charge in [-0.15, -0.1) is 0 Å². The molecule has 3 aliphatic heterocycles. The maximum Gasteiger partial charge on any atom is 0.242 e. The van der Waals surface area contributed by atoms with Crippen LogP contribution in [0.15, 0.2) is 115 Å². The van der Waals surface area contributed by atoms with Crippen LogP contribution in [0.4, 0.5) is 5.69 Å². The van der Waals surface area contributed by atoms with Crippen molar-refractivity contribution in [2.24, 2.45) is 5.92 Å². The summed E-state index contributed by atoms with van der Waals surface area (Å²) in [4.78, 5) is 44.2. The second-order valence-electron chi connectivity index (χ2n) is 10.2. The lowest BCUT2D eigenvalue weighted by Crippen LogP contribution is -3.12. The maximum atomic E-state index is 14.6. The Bertz CT molecular complexity index is 1630. The molecule has 0 saturated carbocycles. The second-order valence-corrected chi connectivity index (χ2v) is 10.2. The number of carbonyl (C=O) groups excluding carboxylic acids is 3. The number of amides is 1. The van der Waals surface area contributed by atoms with Crippen molar-refractivity contribution in [2.75, 3.05) is 5.32 Å². The van der Waals surface area contributed by atoms with Crippen molar-refractivity contribution in [1.82, 2.24) is 0 Å². The fraction of sp³-hybridized carbons (Fsp3) is 0.121. The van der Waals surface area contributed by atoms with Crippen LogP contribution in [0.1, 0.15) is 43.4 Å². The Balaban J connectivity index is 1.55. The van der Waals surface area contributed by atoms with Crippen molar-refractivity contribution < 1.29 is 19.3 Å². The van der Waals surface area contributed by atoms with Gasteiger partial charge in [0.25, 0.3) is 0 Å². The Morgan fingerprint density at radius 3 is 2.05 bits per heavy atom. The molecular weight excluding hydrogens is 472 g/mol. The highest BCUT2D eigenvalue weighted by Crippen LogP contribution is 2.55. The number of para-hydroxylation sites is 1. The van der Waals surface area contributed by atoms with E-state index in [9.17, 15) is 14.4 Å². The summed E-state index contributed by atoms with van der Waals surface area (Å²) in [7, 11) is 0. The van der Waals surface area contributed by atoms with Crippen LogP contribution in [0.5, 0.6) is 0 Å². The molecule has 3 aliphatic rings. The van der Waals surface area contributed by atoms with Crippen molar-refractivity contribution in [3.05, 3.63) is 143 Å². The molecule has 0 bridgehead atoms. The Morgan fingerprint density at radius 1 is 0.711 bits per heavy atom. The van der Waals surface area contributed by atoms with E-state index in [4.69, 9.17) is 0 Å². The quantitative estimate of drug-likeness (QED) is 0.414. The number of nitrogens with one attached hydrogen (secondary N) is 2. The summed E-state index contributed by atoms with van der Waals surface area (Å²) in [5.41, 5.74) is 3.19. The summed E-state index contributed by atoms with van der Waals surface area (Å²) in [5.74, 6) is -1.49. The number of hydrogen-bond donors (Lipinski definition) is 2. The Labute approximate surface area is 220 Å². The summed E-state index contributed by atoms with van der Waals surface area (Å²) >= 11 is 0. The minimum absolute atomic E-state index is 0.141. The zero-order valence-electron chi connectivity index (χ0n) is 20.5. The fourth-order valence-corrected chi connectivity index (χ4v) is 6.93. The average molecular weight is 498 g/mol. The van der Waals surface area contributed by atoms with Crippen LogP contribution >= 0.6 is 0 Å². The number of fused-ring (bicyclic) bond motifs is 6. The minimum atomic E-state index is -1.27. The standard InChI is InChI=1S/C33H24N2O3/c36-29(22-12-3-1-4-13-22)27-28(30(37)23-14-5-2-6-15-23)35-20-19-21-11-7-8-16-24(21)31(35)33(27)25-17-9-10-18-26(25)34-32(33)38/h1-20,27-28,31H,(H,34,38)/p+1/t27-,28-,31-,33-/m1/s1. The van der Waals surface area contributed by atoms with Gasteiger partial charge in [0, 0.05) is 22.4 Å². The van der Waals surface area contributed by atoms with Crippen LogP contribution in [0, 0.1) is 5.92 Å². The van der Waals surface area contributed by atoms with E-state index in [0.29, 0.717) is 16.8 Å². The molecular formula is C33H25N2O3+. The molecule has 0 aliphatic carbocycles. The first-order chi connectivity index (χ1) is 18.6. The summed E-state index contributed by atoms with van der Waals surface area (Å²) < 4.78 is 0. The lowest BCUT2D eigenvalue weighted by molar-refractivity contribution is -0.884. The molecule has 1 spiro atoms. The number of Topliss-reactive ketones (excluding diaryl/α,β-unsaturated/α-hetero) is 2. The Kier molecular flexibility index (Phi) is 5.03. The fourth-order valence-electron chi connectivity index (χ4n) is 6.93. The van der Waals surface area contributed by atoms with E-state index in [-0.39, 0.29) is 17.5 Å². The van der Waals surface area contributed by atoms with Gasteiger partial charge in [0.15, 0.2) is 11.8 Å². The van der Waals surface area contributed by atoms with E-state index in [1.54, 1.807) is 24.3 Å². The average Bonchev–Trinajstić information content (AvgIpc) is 3.45. The predicted octanol–water partition coefficient (Wildman–Crippen LogP) is 4.25. The molecule has 0 aromatic heterocycles. The lowest BCUT2D eigenvalue weighted by atomic mass is 9.62. The van der Waals surface area contributed by atoms with Crippen molar-refractivity contribution in [3.63, 3.8) is 0 Å². The molecule has 5 atom stereocenters. The smallest absolute Gasteiger partial charge is 0.242 e. The molecule has 5 nitrogen and oxygen atoms in total. The SMILES string of the molecule is O=C(c1ccccc1)[C@H]1[C@H](C(=O)c2ccccc2)[C@@]2(C(=O)Nc3ccccc32)[C@H]2c3ccccc3C=C[NH+]12. The van der Waals surface area contributed by atoms with Crippen molar-refractivity contribution in [3.8, 4) is 0 Å². The molecule has 1 fully saturated rings. The first-order valence-corrected chi connectivity index (χ1v) is 12.9. The van der Waals surface area contributed by atoms with Gasteiger partial charge in [0.1, 0.15) is 17.4 Å². The molecule has 7 rings (SSSR count). The lowest BCUT2D eigenvalue weighted by Gasteiger charge is -2.34. The number of quaternary nitrogens is 1. The highest BCUT2D eigenvalue weighted by atomic mass is 16.2. The van der Waals surface area contributed by atoms with Gasteiger partial charge in [-0.1, -0.05) is 103 Å². The van der Waals surface area contributed by atoms with Crippen LogP contribution < -0.4 is 10.2 Å². The van der Waals surface area contributed by atoms with Gasteiger partial charge in [0.2, 0.25) is 11.7 Å². The third-order valence-electron chi connectivity index (χ3n) is 8.41. The van der Waals surface area contributed by atoms with Crippen molar-refractivity contribution >= 4 is 29.2 Å². The normalized spacial score (nSPS) is 26.4. The summed E-state index contributed by atoms with van der Waals surface area (Å²) in [6.45, 7) is 0. The molecule has 5 heteroatoms. The zero-order chi connectivity index (χ0) is 25.9. The number of benzene rings is 4. The molecule has 4 aromatic rings. The van der Waals surface area contributed by atoms with E-state index < -0.39 is 23.4 Å². The molecule has 3 heterocycles. The molecule has 1 saturated heterocycles. The number of carbonyl (C=O) groups is 3. The third-order valence-corrected chi connectivity index (χ3v) is 8.41. The first-order valence-electron chi connectivity index (χ1n) is 12.9. The van der Waals surface area contributed by atoms with Crippen LogP contribution in [0.2, 0.25) is 0 Å². The van der Waals surface area contributed by atoms with E-state index >= 15 is 0 Å². The highest BCUT2D eigenvalue weighted by molar-refractivity contribution is 6.15. The number of ketones is 2. The Morgan fingerprint density at radius 2 is 1.32 bits per heavy atom. The number of anilines is 1. The largest absolute Gasteiger partial charge is 0.325 e. The summed E-state index contributed by atoms with van der Waals surface area (Å²) in [5, 5.41) is 3.09. The molecule has 4 aromatic carbocycles. The first kappa shape index (κ1) is 22.6. The van der Waals surface area contributed by atoms with E-state index in [1.807, 2.05) is 97.2 Å². The molecule has 184 valence electrons. The van der Waals surface area contributed by atoms with Crippen LogP contribution in [0.3, 0.4) is 0 Å². The number of rotatable bonds is 4. The van der Waals surface area contributed by atoms with Crippen LogP contribution in [-0.4, -0.2) is 23.5 Å². The van der Waals surface area contributed by atoms with E-state index in [0.717, 1.165) is 21.6 Å². The Hall–Kier alpha value is -4.61. The molecule has 38 heavy (non-hydrogen) atoms. The molecule has 2 N–H and O–H groups in total. The summed E-state index contributed by atoms with van der Waals surface area (Å²) in [6, 6.07) is 32.5. The monoisotopic (exact) mass is 497 g/mol. The van der Waals surface area contributed by atoms with Crippen molar-refractivity contribution in [1.29, 1.82) is 0 Å². The van der Waals surface area contributed by atoms with Crippen LogP contribution in [0.25, 0.3) is 6.08 Å². The van der Waals surface area contributed by atoms with Crippen LogP contribution in [-0.2, 0) is 10.2 Å². The minimum Gasteiger partial charge on any atom is -0.325 e. The van der Waals surface area contributed by atoms with Gasteiger partial charge in [-0.3, -0.25) is 19.3 Å². The maximum absolute atomic E-state index is 14.6. The molecule has 1 unspecified atom stereocenters. The van der Waals surface area contributed by atoms with Gasteiger partial charge in [-0.25, -0.2) is 0 Å². The molecule has 1 amide bonds. The zero-order valence-corrected chi connectivity index (χ0v) is 20.5. The van der Waals surface area contributed by atoms with E-state index in [2.05, 4.69) is 5.32 Å². The van der Waals surface area contributed by atoms with E-state index in [1.165, 1.54) is 0 Å². The third kappa shape index (κ3) is 2.99. The van der Waals surface area contributed by atoms with Gasteiger partial charge in [-0.2, -0.15) is 0 Å². The number of hydrogen-bond acceptors (Lipinski definition) is 3. The second kappa shape index (κ2) is 8.47. The van der Waals surface area contributed by atoms with Gasteiger partial charge in [-0.05, 0) is 23.3 Å². The van der Waals surface area contributed by atoms with Crippen molar-refractivity contribution in [2.45, 2.75) is 17.5 Å². The van der Waals surface area contributed by atoms with Gasteiger partial charge < -0.3 is 5.32 Å². The van der Waals surface area contributed by atoms with Gasteiger partial charge >= 0.3 is 0 Å². The van der Waals surface area contributed by atoms with Gasteiger partial charge in [0.05, 0.1) is 6.20 Å². The topological polar surface area (TPSA) is 67.7 Å². The predicted molar refractivity (Wildman–Crippen MR) is 145 cm³/mol.